The Morgan fingerprint density at radius 3 is 2.46 bits per heavy atom. The van der Waals surface area contributed by atoms with E-state index >= 15 is 0 Å². The van der Waals surface area contributed by atoms with Gasteiger partial charge >= 0.3 is 0 Å². The number of aliphatic imine (C=N–C) groups is 1. The zero-order valence-electron chi connectivity index (χ0n) is 15.0. The summed E-state index contributed by atoms with van der Waals surface area (Å²) >= 11 is 1.33. The zero-order valence-corrected chi connectivity index (χ0v) is 15.9. The molecule has 4 rings (SSSR count). The summed E-state index contributed by atoms with van der Waals surface area (Å²) in [7, 11) is 0. The Morgan fingerprint density at radius 2 is 1.68 bits per heavy atom. The minimum atomic E-state index is -0.143. The van der Waals surface area contributed by atoms with Crippen LogP contribution in [0.15, 0.2) is 94.8 Å². The largest absolute Gasteiger partial charge is 0.489 e. The predicted molar refractivity (Wildman–Crippen MR) is 114 cm³/mol. The number of amides is 1. The summed E-state index contributed by atoms with van der Waals surface area (Å²) in [5.74, 6) is 0.620. The van der Waals surface area contributed by atoms with Crippen molar-refractivity contribution in [2.24, 2.45) is 4.99 Å². The maximum absolute atomic E-state index is 12.3. The third-order valence-electron chi connectivity index (χ3n) is 4.04. The van der Waals surface area contributed by atoms with E-state index in [1.807, 2.05) is 91.0 Å². The number of hydrogen-bond acceptors (Lipinski definition) is 4. The highest BCUT2D eigenvalue weighted by molar-refractivity contribution is 8.18. The fourth-order valence-corrected chi connectivity index (χ4v) is 3.53. The Kier molecular flexibility index (Phi) is 5.54. The lowest BCUT2D eigenvalue weighted by Crippen LogP contribution is -2.19. The van der Waals surface area contributed by atoms with Gasteiger partial charge in [0.05, 0.1) is 10.6 Å². The van der Waals surface area contributed by atoms with Crippen molar-refractivity contribution in [3.05, 3.63) is 101 Å². The molecule has 0 spiro atoms. The van der Waals surface area contributed by atoms with Crippen molar-refractivity contribution in [2.75, 3.05) is 0 Å². The summed E-state index contributed by atoms with van der Waals surface area (Å²) in [6.45, 7) is 0.504. The quantitative estimate of drug-likeness (QED) is 0.617. The van der Waals surface area contributed by atoms with Gasteiger partial charge in [-0.3, -0.25) is 4.79 Å². The minimum Gasteiger partial charge on any atom is -0.489 e. The number of hydrogen-bond donors (Lipinski definition) is 1. The van der Waals surface area contributed by atoms with Crippen LogP contribution in [0.2, 0.25) is 0 Å². The Bertz CT molecular complexity index is 1030. The van der Waals surface area contributed by atoms with Gasteiger partial charge in [0.25, 0.3) is 5.91 Å². The molecule has 1 heterocycles. The predicted octanol–water partition coefficient (Wildman–Crippen LogP) is 5.16. The average molecular weight is 386 g/mol. The lowest BCUT2D eigenvalue weighted by molar-refractivity contribution is -0.115. The second-order valence-corrected chi connectivity index (χ2v) is 7.19. The zero-order chi connectivity index (χ0) is 19.2. The molecule has 3 aromatic carbocycles. The van der Waals surface area contributed by atoms with E-state index in [0.29, 0.717) is 16.7 Å². The van der Waals surface area contributed by atoms with Crippen LogP contribution >= 0.6 is 11.8 Å². The third-order valence-corrected chi connectivity index (χ3v) is 4.95. The van der Waals surface area contributed by atoms with Crippen LogP contribution in [0.3, 0.4) is 0 Å². The van der Waals surface area contributed by atoms with E-state index in [4.69, 9.17) is 4.74 Å². The van der Waals surface area contributed by atoms with Crippen LogP contribution in [0.5, 0.6) is 5.75 Å². The van der Waals surface area contributed by atoms with Crippen LogP contribution in [-0.2, 0) is 11.4 Å². The summed E-state index contributed by atoms with van der Waals surface area (Å²) < 4.78 is 5.86. The van der Waals surface area contributed by atoms with E-state index in [1.54, 1.807) is 0 Å². The maximum Gasteiger partial charge on any atom is 0.264 e. The Labute approximate surface area is 168 Å². The number of benzene rings is 3. The highest BCUT2D eigenvalue weighted by Gasteiger charge is 2.23. The first-order valence-corrected chi connectivity index (χ1v) is 9.69. The molecule has 0 saturated carbocycles. The van der Waals surface area contributed by atoms with Gasteiger partial charge in [-0.2, -0.15) is 0 Å². The molecule has 0 radical (unpaired) electrons. The van der Waals surface area contributed by atoms with Gasteiger partial charge < -0.3 is 10.1 Å². The number of thioether (sulfide) groups is 1. The maximum atomic E-state index is 12.3. The number of nitrogens with zero attached hydrogens (tertiary/aromatic N) is 1. The van der Waals surface area contributed by atoms with Crippen LogP contribution in [-0.4, -0.2) is 11.1 Å². The summed E-state index contributed by atoms with van der Waals surface area (Å²) in [5.41, 5.74) is 2.82. The van der Waals surface area contributed by atoms with Gasteiger partial charge in [-0.05, 0) is 53.2 Å². The van der Waals surface area contributed by atoms with Gasteiger partial charge in [-0.15, -0.1) is 0 Å². The van der Waals surface area contributed by atoms with Crippen molar-refractivity contribution >= 4 is 34.6 Å². The Hall–Kier alpha value is -3.31. The monoisotopic (exact) mass is 386 g/mol. The summed E-state index contributed by atoms with van der Waals surface area (Å²) in [6.07, 6.45) is 1.85. The topological polar surface area (TPSA) is 50.7 Å². The SMILES string of the molecule is O=C1NC(=Nc2ccccc2)SC1=Cc1cccc(OCc2ccccc2)c1. The molecular formula is C23H18N2O2S. The number of rotatable bonds is 5. The van der Waals surface area contributed by atoms with Crippen LogP contribution in [0, 0.1) is 0 Å². The minimum absolute atomic E-state index is 0.143. The van der Waals surface area contributed by atoms with Crippen LogP contribution in [0.1, 0.15) is 11.1 Å². The number of ether oxygens (including phenoxy) is 1. The molecule has 1 amide bonds. The van der Waals surface area contributed by atoms with Crippen LogP contribution in [0.25, 0.3) is 6.08 Å². The number of nitrogens with one attached hydrogen (secondary N) is 1. The molecule has 1 aliphatic rings. The fraction of sp³-hybridized carbons (Fsp3) is 0.0435. The van der Waals surface area contributed by atoms with Gasteiger partial charge in [-0.1, -0.05) is 60.7 Å². The summed E-state index contributed by atoms with van der Waals surface area (Å²) in [5, 5.41) is 3.39. The Balaban J connectivity index is 1.46. The van der Waals surface area contributed by atoms with E-state index in [-0.39, 0.29) is 5.91 Å². The fourth-order valence-electron chi connectivity index (χ4n) is 2.69. The molecular weight excluding hydrogens is 368 g/mol. The number of carbonyl (C=O) groups is 1. The molecule has 4 nitrogen and oxygen atoms in total. The highest BCUT2D eigenvalue weighted by atomic mass is 32.2. The van der Waals surface area contributed by atoms with Crippen molar-refractivity contribution in [2.45, 2.75) is 6.61 Å². The van der Waals surface area contributed by atoms with Crippen molar-refractivity contribution in [3.63, 3.8) is 0 Å². The molecule has 3 aromatic rings. The van der Waals surface area contributed by atoms with Gasteiger partial charge in [0.1, 0.15) is 12.4 Å². The molecule has 0 atom stereocenters. The third kappa shape index (κ3) is 4.69. The first-order valence-electron chi connectivity index (χ1n) is 8.88. The molecule has 28 heavy (non-hydrogen) atoms. The number of amidine groups is 1. The highest BCUT2D eigenvalue weighted by Crippen LogP contribution is 2.28. The molecule has 1 aliphatic heterocycles. The molecule has 0 aliphatic carbocycles. The van der Waals surface area contributed by atoms with Gasteiger partial charge in [0, 0.05) is 0 Å². The summed E-state index contributed by atoms with van der Waals surface area (Å²) in [6, 6.07) is 27.3. The van der Waals surface area contributed by atoms with E-state index in [9.17, 15) is 4.79 Å². The van der Waals surface area contributed by atoms with Gasteiger partial charge in [-0.25, -0.2) is 4.99 Å². The van der Waals surface area contributed by atoms with Crippen molar-refractivity contribution < 1.29 is 9.53 Å². The van der Waals surface area contributed by atoms with E-state index < -0.39 is 0 Å². The second kappa shape index (κ2) is 8.59. The number of para-hydroxylation sites is 1. The van der Waals surface area contributed by atoms with Crippen molar-refractivity contribution in [1.82, 2.24) is 5.32 Å². The molecule has 1 N–H and O–H groups in total. The lowest BCUT2D eigenvalue weighted by atomic mass is 10.2. The van der Waals surface area contributed by atoms with Crippen LogP contribution in [0.4, 0.5) is 5.69 Å². The molecule has 1 saturated heterocycles. The van der Waals surface area contributed by atoms with E-state index in [1.165, 1.54) is 11.8 Å². The molecule has 0 unspecified atom stereocenters. The Morgan fingerprint density at radius 1 is 0.929 bits per heavy atom. The molecule has 5 heteroatoms. The molecule has 0 aromatic heterocycles. The molecule has 138 valence electrons. The van der Waals surface area contributed by atoms with E-state index in [0.717, 1.165) is 22.6 Å². The van der Waals surface area contributed by atoms with Crippen molar-refractivity contribution in [1.29, 1.82) is 0 Å². The summed E-state index contributed by atoms with van der Waals surface area (Å²) in [4.78, 5) is 17.3. The van der Waals surface area contributed by atoms with Gasteiger partial charge in [0.15, 0.2) is 5.17 Å². The van der Waals surface area contributed by atoms with Crippen LogP contribution < -0.4 is 10.1 Å². The second-order valence-electron chi connectivity index (χ2n) is 6.16. The molecule has 0 bridgehead atoms. The molecule has 1 fully saturated rings. The van der Waals surface area contributed by atoms with Crippen molar-refractivity contribution in [3.8, 4) is 5.75 Å². The standard InChI is InChI=1S/C23H18N2O2S/c26-22-21(28-23(25-22)24-19-11-5-2-6-12-19)15-18-10-7-13-20(14-18)27-16-17-8-3-1-4-9-17/h1-15H,16H2,(H,24,25,26). The smallest absolute Gasteiger partial charge is 0.264 e. The first-order chi connectivity index (χ1) is 13.8. The van der Waals surface area contributed by atoms with Gasteiger partial charge in [0.2, 0.25) is 0 Å². The lowest BCUT2D eigenvalue weighted by Gasteiger charge is -2.07. The normalized spacial score (nSPS) is 16.4. The number of carbonyl (C=O) groups excluding carboxylic acids is 1. The first kappa shape index (κ1) is 18.1. The van der Waals surface area contributed by atoms with E-state index in [2.05, 4.69) is 10.3 Å². The average Bonchev–Trinajstić information content (AvgIpc) is 3.07.